The normalized spacial score (nSPS) is 10.8. The van der Waals surface area contributed by atoms with Gasteiger partial charge in [-0.3, -0.25) is 0 Å². The SMILES string of the molecule is CCCn1nnnc1-c1cc(N)c(F)cc1F. The van der Waals surface area contributed by atoms with Crippen LogP contribution in [0.25, 0.3) is 11.4 Å². The van der Waals surface area contributed by atoms with Gasteiger partial charge in [-0.25, -0.2) is 13.5 Å². The highest BCUT2D eigenvalue weighted by Gasteiger charge is 2.15. The number of tetrazole rings is 1. The zero-order chi connectivity index (χ0) is 12.4. The fourth-order valence-electron chi connectivity index (χ4n) is 1.50. The highest BCUT2D eigenvalue weighted by molar-refractivity contribution is 5.62. The summed E-state index contributed by atoms with van der Waals surface area (Å²) in [5, 5.41) is 10.9. The lowest BCUT2D eigenvalue weighted by atomic mass is 10.1. The second kappa shape index (κ2) is 4.44. The van der Waals surface area contributed by atoms with Gasteiger partial charge in [0, 0.05) is 12.6 Å². The maximum atomic E-state index is 13.6. The Balaban J connectivity index is 2.52. The maximum Gasteiger partial charge on any atom is 0.185 e. The van der Waals surface area contributed by atoms with Crippen LogP contribution in [0.4, 0.5) is 14.5 Å². The fraction of sp³-hybridized carbons (Fsp3) is 0.300. The van der Waals surface area contributed by atoms with Gasteiger partial charge in [0.2, 0.25) is 0 Å². The van der Waals surface area contributed by atoms with Crippen molar-refractivity contribution >= 4 is 5.69 Å². The standard InChI is InChI=1S/C10H11F2N5/c1-2-3-17-10(14-15-16-17)6-4-9(13)8(12)5-7(6)11/h4-5H,2-3,13H2,1H3. The van der Waals surface area contributed by atoms with Crippen molar-refractivity contribution in [1.82, 2.24) is 20.2 Å². The Kier molecular flexibility index (Phi) is 2.99. The number of nitrogens with zero attached hydrogens (tertiary/aromatic N) is 4. The number of hydrogen-bond donors (Lipinski definition) is 1. The minimum atomic E-state index is -0.791. The van der Waals surface area contributed by atoms with Gasteiger partial charge < -0.3 is 5.73 Å². The van der Waals surface area contributed by atoms with Gasteiger partial charge in [0.25, 0.3) is 0 Å². The molecule has 1 heterocycles. The molecule has 1 aromatic heterocycles. The Morgan fingerprint density at radius 2 is 2.06 bits per heavy atom. The Labute approximate surface area is 96.2 Å². The third kappa shape index (κ3) is 2.08. The van der Waals surface area contributed by atoms with Gasteiger partial charge in [0.05, 0.1) is 11.3 Å². The number of nitrogen functional groups attached to an aromatic ring is 1. The minimum Gasteiger partial charge on any atom is -0.396 e. The summed E-state index contributed by atoms with van der Waals surface area (Å²) in [7, 11) is 0. The molecule has 7 heteroatoms. The summed E-state index contributed by atoms with van der Waals surface area (Å²) in [5.74, 6) is -1.28. The lowest BCUT2D eigenvalue weighted by Crippen LogP contribution is -2.04. The van der Waals surface area contributed by atoms with Crippen LogP contribution in [0, 0.1) is 11.6 Å². The van der Waals surface area contributed by atoms with Crippen molar-refractivity contribution in [3.05, 3.63) is 23.8 Å². The maximum absolute atomic E-state index is 13.6. The Morgan fingerprint density at radius 1 is 1.29 bits per heavy atom. The van der Waals surface area contributed by atoms with E-state index in [-0.39, 0.29) is 17.1 Å². The summed E-state index contributed by atoms with van der Waals surface area (Å²) in [6.07, 6.45) is 0.802. The molecule has 0 fully saturated rings. The molecule has 0 aliphatic rings. The highest BCUT2D eigenvalue weighted by Crippen LogP contribution is 2.24. The van der Waals surface area contributed by atoms with Gasteiger partial charge in [0.15, 0.2) is 5.82 Å². The van der Waals surface area contributed by atoms with Crippen LogP contribution < -0.4 is 5.73 Å². The third-order valence-corrected chi connectivity index (χ3v) is 2.29. The van der Waals surface area contributed by atoms with Crippen molar-refractivity contribution in [3.63, 3.8) is 0 Å². The van der Waals surface area contributed by atoms with Crippen molar-refractivity contribution in [3.8, 4) is 11.4 Å². The molecule has 90 valence electrons. The van der Waals surface area contributed by atoms with E-state index in [1.165, 1.54) is 10.7 Å². The number of anilines is 1. The molecular weight excluding hydrogens is 228 g/mol. The monoisotopic (exact) mass is 239 g/mol. The Bertz CT molecular complexity index is 537. The number of nitrogens with two attached hydrogens (primary N) is 1. The molecule has 17 heavy (non-hydrogen) atoms. The molecule has 0 bridgehead atoms. The predicted molar refractivity (Wildman–Crippen MR) is 57.9 cm³/mol. The van der Waals surface area contributed by atoms with Crippen molar-refractivity contribution in [2.75, 3.05) is 5.73 Å². The van der Waals surface area contributed by atoms with E-state index in [1.807, 2.05) is 6.92 Å². The average Bonchev–Trinajstić information content (AvgIpc) is 2.72. The van der Waals surface area contributed by atoms with E-state index in [9.17, 15) is 8.78 Å². The van der Waals surface area contributed by atoms with Crippen LogP contribution in [0.2, 0.25) is 0 Å². The van der Waals surface area contributed by atoms with Crippen LogP contribution >= 0.6 is 0 Å². The van der Waals surface area contributed by atoms with E-state index in [2.05, 4.69) is 15.5 Å². The van der Waals surface area contributed by atoms with Crippen LogP contribution in [-0.4, -0.2) is 20.2 Å². The number of hydrogen-bond acceptors (Lipinski definition) is 4. The van der Waals surface area contributed by atoms with Crippen LogP contribution in [0.3, 0.4) is 0 Å². The second-order valence-corrected chi connectivity index (χ2v) is 3.58. The molecule has 0 saturated heterocycles. The summed E-state index contributed by atoms with van der Waals surface area (Å²) < 4.78 is 28.1. The lowest BCUT2D eigenvalue weighted by molar-refractivity contribution is 0.571. The number of benzene rings is 1. The van der Waals surface area contributed by atoms with E-state index in [0.29, 0.717) is 6.54 Å². The zero-order valence-electron chi connectivity index (χ0n) is 9.19. The third-order valence-electron chi connectivity index (χ3n) is 2.29. The van der Waals surface area contributed by atoms with Crippen LogP contribution in [0.5, 0.6) is 0 Å². The van der Waals surface area contributed by atoms with Gasteiger partial charge in [-0.1, -0.05) is 6.92 Å². The van der Waals surface area contributed by atoms with E-state index >= 15 is 0 Å². The smallest absolute Gasteiger partial charge is 0.185 e. The lowest BCUT2D eigenvalue weighted by Gasteiger charge is -2.05. The summed E-state index contributed by atoms with van der Waals surface area (Å²) in [6, 6.07) is 1.93. The van der Waals surface area contributed by atoms with Gasteiger partial charge >= 0.3 is 0 Å². The second-order valence-electron chi connectivity index (χ2n) is 3.58. The van der Waals surface area contributed by atoms with Crippen molar-refractivity contribution in [2.24, 2.45) is 0 Å². The van der Waals surface area contributed by atoms with Gasteiger partial charge in [0.1, 0.15) is 11.6 Å². The molecule has 0 unspecified atom stereocenters. The fourth-order valence-corrected chi connectivity index (χ4v) is 1.50. The molecule has 1 aromatic carbocycles. The van der Waals surface area contributed by atoms with Crippen molar-refractivity contribution in [1.29, 1.82) is 0 Å². The number of halogens is 2. The van der Waals surface area contributed by atoms with Gasteiger partial charge in [-0.05, 0) is 22.9 Å². The molecule has 0 aliphatic carbocycles. The van der Waals surface area contributed by atoms with E-state index in [4.69, 9.17) is 5.73 Å². The average molecular weight is 239 g/mol. The van der Waals surface area contributed by atoms with E-state index in [0.717, 1.165) is 12.5 Å². The van der Waals surface area contributed by atoms with Gasteiger partial charge in [-0.2, -0.15) is 0 Å². The molecule has 5 nitrogen and oxygen atoms in total. The Hall–Kier alpha value is -2.05. The quantitative estimate of drug-likeness (QED) is 0.826. The van der Waals surface area contributed by atoms with Crippen molar-refractivity contribution < 1.29 is 8.78 Å². The van der Waals surface area contributed by atoms with E-state index in [1.54, 1.807) is 0 Å². The molecule has 0 aliphatic heterocycles. The van der Waals surface area contributed by atoms with Crippen LogP contribution in [0.15, 0.2) is 12.1 Å². The van der Waals surface area contributed by atoms with E-state index < -0.39 is 11.6 Å². The molecule has 2 aromatic rings. The topological polar surface area (TPSA) is 69.6 Å². The first-order valence-electron chi connectivity index (χ1n) is 5.14. The Morgan fingerprint density at radius 3 is 2.76 bits per heavy atom. The first-order chi connectivity index (χ1) is 8.13. The first kappa shape index (κ1) is 11.4. The molecule has 0 radical (unpaired) electrons. The molecule has 0 atom stereocenters. The predicted octanol–water partition coefficient (Wildman–Crippen LogP) is 1.61. The van der Waals surface area contributed by atoms with Crippen LogP contribution in [-0.2, 0) is 6.54 Å². The molecule has 0 amide bonds. The minimum absolute atomic E-state index is 0.0994. The van der Waals surface area contributed by atoms with Gasteiger partial charge in [-0.15, -0.1) is 5.10 Å². The number of aromatic nitrogens is 4. The van der Waals surface area contributed by atoms with Crippen molar-refractivity contribution in [2.45, 2.75) is 19.9 Å². The zero-order valence-corrected chi connectivity index (χ0v) is 9.19. The molecule has 2 N–H and O–H groups in total. The molecule has 2 rings (SSSR count). The number of aryl methyl sites for hydroxylation is 1. The number of rotatable bonds is 3. The largest absolute Gasteiger partial charge is 0.396 e. The first-order valence-corrected chi connectivity index (χ1v) is 5.14. The molecule has 0 saturated carbocycles. The van der Waals surface area contributed by atoms with Crippen LogP contribution in [0.1, 0.15) is 13.3 Å². The highest BCUT2D eigenvalue weighted by atomic mass is 19.1. The summed E-state index contributed by atoms with van der Waals surface area (Å²) in [5.41, 5.74) is 5.37. The molecular formula is C10H11F2N5. The molecule has 0 spiro atoms. The summed E-state index contributed by atoms with van der Waals surface area (Å²) in [6.45, 7) is 2.50. The summed E-state index contributed by atoms with van der Waals surface area (Å²) >= 11 is 0. The summed E-state index contributed by atoms with van der Waals surface area (Å²) in [4.78, 5) is 0.